The van der Waals surface area contributed by atoms with E-state index in [0.29, 0.717) is 23.8 Å². The van der Waals surface area contributed by atoms with Crippen LogP contribution >= 0.6 is 11.6 Å². The second-order valence-corrected chi connectivity index (χ2v) is 5.37. The maximum absolute atomic E-state index is 12.1. The van der Waals surface area contributed by atoms with Crippen LogP contribution in [0.4, 0.5) is 16.2 Å². The summed E-state index contributed by atoms with van der Waals surface area (Å²) in [5, 5.41) is 3.48. The summed E-state index contributed by atoms with van der Waals surface area (Å²) in [7, 11) is 0. The fourth-order valence-corrected chi connectivity index (χ4v) is 2.65. The predicted octanol–water partition coefficient (Wildman–Crippen LogP) is 3.81. The Labute approximate surface area is 125 Å². The number of hydrogen-bond acceptors (Lipinski definition) is 2. The molecule has 0 aliphatic carbocycles. The van der Waals surface area contributed by atoms with Gasteiger partial charge in [-0.05, 0) is 44.9 Å². The maximum Gasteiger partial charge on any atom is 0.321 e. The molecule has 110 valence electrons. The minimum absolute atomic E-state index is 0.101. The molecular weight excluding hydrogens is 274 g/mol. The number of hydrogen-bond donors (Lipinski definition) is 1. The van der Waals surface area contributed by atoms with E-state index in [1.54, 1.807) is 4.90 Å². The quantitative estimate of drug-likeness (QED) is 0.917. The van der Waals surface area contributed by atoms with Gasteiger partial charge < -0.3 is 15.1 Å². The SMILES string of the molecule is CCN(CC)C(=O)Nc1cc(N2CCCC2)ccc1Cl. The summed E-state index contributed by atoms with van der Waals surface area (Å²) in [4.78, 5) is 16.2. The molecule has 0 spiro atoms. The summed E-state index contributed by atoms with van der Waals surface area (Å²) in [6, 6.07) is 5.73. The lowest BCUT2D eigenvalue weighted by Gasteiger charge is -2.22. The monoisotopic (exact) mass is 295 g/mol. The third-order valence-corrected chi connectivity index (χ3v) is 4.04. The second-order valence-electron chi connectivity index (χ2n) is 4.96. The van der Waals surface area contributed by atoms with Crippen molar-refractivity contribution in [3.63, 3.8) is 0 Å². The van der Waals surface area contributed by atoms with E-state index in [0.717, 1.165) is 18.8 Å². The molecule has 2 rings (SSSR count). The number of amides is 2. The zero-order chi connectivity index (χ0) is 14.5. The van der Waals surface area contributed by atoms with E-state index in [2.05, 4.69) is 10.2 Å². The molecule has 1 aliphatic heterocycles. The molecular formula is C15H22ClN3O. The molecule has 0 atom stereocenters. The molecule has 1 N–H and O–H groups in total. The predicted molar refractivity (Wildman–Crippen MR) is 84.8 cm³/mol. The molecule has 0 unspecified atom stereocenters. The molecule has 4 nitrogen and oxygen atoms in total. The summed E-state index contributed by atoms with van der Waals surface area (Å²) >= 11 is 6.19. The van der Waals surface area contributed by atoms with Crippen LogP contribution in [-0.4, -0.2) is 37.1 Å². The summed E-state index contributed by atoms with van der Waals surface area (Å²) in [5.41, 5.74) is 1.81. The molecule has 0 radical (unpaired) electrons. The molecule has 1 saturated heterocycles. The average Bonchev–Trinajstić information content (AvgIpc) is 2.96. The molecule has 1 aliphatic rings. The Balaban J connectivity index is 2.14. The molecule has 20 heavy (non-hydrogen) atoms. The molecule has 1 aromatic rings. The van der Waals surface area contributed by atoms with Crippen molar-refractivity contribution in [2.45, 2.75) is 26.7 Å². The highest BCUT2D eigenvalue weighted by Gasteiger charge is 2.16. The van der Waals surface area contributed by atoms with Gasteiger partial charge in [-0.25, -0.2) is 4.79 Å². The Hall–Kier alpha value is -1.42. The van der Waals surface area contributed by atoms with Crippen LogP contribution in [0.1, 0.15) is 26.7 Å². The lowest BCUT2D eigenvalue weighted by molar-refractivity contribution is 0.217. The molecule has 1 fully saturated rings. The van der Waals surface area contributed by atoms with Crippen LogP contribution in [0.25, 0.3) is 0 Å². The molecule has 0 aromatic heterocycles. The first kappa shape index (κ1) is 15.0. The maximum atomic E-state index is 12.1. The average molecular weight is 296 g/mol. The fourth-order valence-electron chi connectivity index (χ4n) is 2.49. The number of nitrogens with one attached hydrogen (secondary N) is 1. The number of anilines is 2. The third kappa shape index (κ3) is 3.37. The van der Waals surface area contributed by atoms with Crippen molar-refractivity contribution in [2.75, 3.05) is 36.4 Å². The first-order chi connectivity index (χ1) is 9.65. The lowest BCUT2D eigenvalue weighted by atomic mass is 10.2. The van der Waals surface area contributed by atoms with Crippen molar-refractivity contribution >= 4 is 29.0 Å². The van der Waals surface area contributed by atoms with Crippen LogP contribution in [-0.2, 0) is 0 Å². The minimum atomic E-state index is -0.101. The van der Waals surface area contributed by atoms with Crippen LogP contribution in [0.15, 0.2) is 18.2 Å². The standard InChI is InChI=1S/C15H22ClN3O/c1-3-18(4-2)15(20)17-14-11-12(7-8-13(14)16)19-9-5-6-10-19/h7-8,11H,3-6,9-10H2,1-2H3,(H,17,20). The molecule has 2 amide bonds. The van der Waals surface area contributed by atoms with Gasteiger partial charge in [-0.15, -0.1) is 0 Å². The van der Waals surface area contributed by atoms with E-state index in [9.17, 15) is 4.79 Å². The number of carbonyl (C=O) groups excluding carboxylic acids is 1. The van der Waals surface area contributed by atoms with E-state index in [1.807, 2.05) is 32.0 Å². The highest BCUT2D eigenvalue weighted by molar-refractivity contribution is 6.33. The highest BCUT2D eigenvalue weighted by atomic mass is 35.5. The number of urea groups is 1. The van der Waals surface area contributed by atoms with Crippen molar-refractivity contribution in [1.82, 2.24) is 4.90 Å². The lowest BCUT2D eigenvalue weighted by Crippen LogP contribution is -2.34. The van der Waals surface area contributed by atoms with Crippen LogP contribution < -0.4 is 10.2 Å². The molecule has 5 heteroatoms. The Kier molecular flexibility index (Phi) is 5.12. The van der Waals surface area contributed by atoms with Gasteiger partial charge in [0.2, 0.25) is 0 Å². The van der Waals surface area contributed by atoms with Gasteiger partial charge in [0.25, 0.3) is 0 Å². The fraction of sp³-hybridized carbons (Fsp3) is 0.533. The zero-order valence-corrected chi connectivity index (χ0v) is 12.9. The van der Waals surface area contributed by atoms with Crippen molar-refractivity contribution in [1.29, 1.82) is 0 Å². The van der Waals surface area contributed by atoms with Gasteiger partial charge in [0.1, 0.15) is 0 Å². The van der Waals surface area contributed by atoms with Gasteiger partial charge in [0.15, 0.2) is 0 Å². The summed E-state index contributed by atoms with van der Waals surface area (Å²) in [6.07, 6.45) is 2.45. The van der Waals surface area contributed by atoms with Crippen LogP contribution in [0.3, 0.4) is 0 Å². The van der Waals surface area contributed by atoms with E-state index >= 15 is 0 Å². The number of benzene rings is 1. The Morgan fingerprint density at radius 1 is 1.30 bits per heavy atom. The van der Waals surface area contributed by atoms with Crippen molar-refractivity contribution in [3.8, 4) is 0 Å². The van der Waals surface area contributed by atoms with Crippen molar-refractivity contribution in [2.24, 2.45) is 0 Å². The van der Waals surface area contributed by atoms with Crippen LogP contribution in [0, 0.1) is 0 Å². The number of carbonyl (C=O) groups is 1. The van der Waals surface area contributed by atoms with E-state index in [1.165, 1.54) is 12.8 Å². The zero-order valence-electron chi connectivity index (χ0n) is 12.2. The van der Waals surface area contributed by atoms with Gasteiger partial charge in [0, 0.05) is 31.9 Å². The topological polar surface area (TPSA) is 35.6 Å². The minimum Gasteiger partial charge on any atom is -0.371 e. The van der Waals surface area contributed by atoms with Crippen molar-refractivity contribution < 1.29 is 4.79 Å². The molecule has 0 saturated carbocycles. The second kappa shape index (κ2) is 6.84. The first-order valence-electron chi connectivity index (χ1n) is 7.26. The normalized spacial score (nSPS) is 14.4. The Bertz CT molecular complexity index is 468. The molecule has 1 aromatic carbocycles. The Morgan fingerprint density at radius 3 is 2.55 bits per heavy atom. The number of nitrogens with zero attached hydrogens (tertiary/aromatic N) is 2. The molecule has 0 bridgehead atoms. The van der Waals surface area contributed by atoms with Gasteiger partial charge in [0.05, 0.1) is 10.7 Å². The first-order valence-corrected chi connectivity index (χ1v) is 7.64. The van der Waals surface area contributed by atoms with Gasteiger partial charge >= 0.3 is 6.03 Å². The van der Waals surface area contributed by atoms with E-state index in [-0.39, 0.29) is 6.03 Å². The number of rotatable bonds is 4. The Morgan fingerprint density at radius 2 is 1.95 bits per heavy atom. The summed E-state index contributed by atoms with van der Waals surface area (Å²) < 4.78 is 0. The largest absolute Gasteiger partial charge is 0.371 e. The van der Waals surface area contributed by atoms with Crippen molar-refractivity contribution in [3.05, 3.63) is 23.2 Å². The number of halogens is 1. The van der Waals surface area contributed by atoms with Crippen LogP contribution in [0.5, 0.6) is 0 Å². The molecule has 1 heterocycles. The van der Waals surface area contributed by atoms with E-state index in [4.69, 9.17) is 11.6 Å². The van der Waals surface area contributed by atoms with Gasteiger partial charge in [-0.2, -0.15) is 0 Å². The van der Waals surface area contributed by atoms with Crippen LogP contribution in [0.2, 0.25) is 5.02 Å². The van der Waals surface area contributed by atoms with Gasteiger partial charge in [-0.1, -0.05) is 11.6 Å². The highest BCUT2D eigenvalue weighted by Crippen LogP contribution is 2.29. The summed E-state index contributed by atoms with van der Waals surface area (Å²) in [6.45, 7) is 7.45. The van der Waals surface area contributed by atoms with E-state index < -0.39 is 0 Å². The smallest absolute Gasteiger partial charge is 0.321 e. The third-order valence-electron chi connectivity index (χ3n) is 3.71. The van der Waals surface area contributed by atoms with Gasteiger partial charge in [-0.3, -0.25) is 0 Å². The summed E-state index contributed by atoms with van der Waals surface area (Å²) in [5.74, 6) is 0.